The van der Waals surface area contributed by atoms with Crippen molar-refractivity contribution in [3.05, 3.63) is 51.7 Å². The van der Waals surface area contributed by atoms with Crippen LogP contribution in [0.3, 0.4) is 0 Å². The molecule has 1 aromatic carbocycles. The summed E-state index contributed by atoms with van der Waals surface area (Å²) in [4.78, 5) is 36.3. The van der Waals surface area contributed by atoms with Crippen molar-refractivity contribution < 1.29 is 19.6 Å². The molecule has 21 heavy (non-hydrogen) atoms. The molecular weight excluding hydrogens is 298 g/mol. The summed E-state index contributed by atoms with van der Waals surface area (Å²) in [6, 6.07) is 6.13. The summed E-state index contributed by atoms with van der Waals surface area (Å²) in [6.45, 7) is 0. The molecule has 1 heterocycles. The predicted octanol–water partition coefficient (Wildman–Crippen LogP) is 1.93. The zero-order valence-electron chi connectivity index (χ0n) is 10.5. The van der Waals surface area contributed by atoms with Crippen LogP contribution in [0.5, 0.6) is 0 Å². The lowest BCUT2D eigenvalue weighted by molar-refractivity contribution is -0.380. The van der Waals surface area contributed by atoms with Gasteiger partial charge in [-0.2, -0.15) is 0 Å². The fraction of sp³-hybridized carbons (Fsp3) is 0.0833. The lowest BCUT2D eigenvalue weighted by atomic mass is 10.1. The van der Waals surface area contributed by atoms with Crippen LogP contribution in [0.25, 0.3) is 0 Å². The highest BCUT2D eigenvalue weighted by atomic mass is 32.1. The quantitative estimate of drug-likeness (QED) is 0.642. The molecule has 0 radical (unpaired) electrons. The normalized spacial score (nSPS) is 10.1. The number of rotatable bonds is 5. The van der Waals surface area contributed by atoms with E-state index in [0.29, 0.717) is 5.56 Å². The van der Waals surface area contributed by atoms with Gasteiger partial charge in [-0.15, -0.1) is 0 Å². The van der Waals surface area contributed by atoms with Gasteiger partial charge >= 0.3 is 11.0 Å². The van der Waals surface area contributed by atoms with Gasteiger partial charge in [-0.25, -0.2) is 4.98 Å². The van der Waals surface area contributed by atoms with Crippen LogP contribution in [0.15, 0.2) is 30.5 Å². The lowest BCUT2D eigenvalue weighted by Crippen LogP contribution is -2.12. The third kappa shape index (κ3) is 3.83. The molecule has 0 aliphatic rings. The molecule has 0 spiro atoms. The molecule has 0 aliphatic heterocycles. The van der Waals surface area contributed by atoms with Gasteiger partial charge in [0.25, 0.3) is 5.91 Å². The molecule has 0 unspecified atom stereocenters. The van der Waals surface area contributed by atoms with E-state index >= 15 is 0 Å². The van der Waals surface area contributed by atoms with E-state index in [4.69, 9.17) is 5.11 Å². The number of nitro groups is 1. The molecule has 0 bridgehead atoms. The van der Waals surface area contributed by atoms with E-state index in [-0.39, 0.29) is 22.1 Å². The van der Waals surface area contributed by atoms with Crippen LogP contribution in [0.2, 0.25) is 0 Å². The first-order valence-electron chi connectivity index (χ1n) is 5.68. The zero-order valence-corrected chi connectivity index (χ0v) is 11.3. The first-order chi connectivity index (χ1) is 9.95. The van der Waals surface area contributed by atoms with Crippen LogP contribution in [-0.2, 0) is 11.2 Å². The maximum Gasteiger partial charge on any atom is 0.345 e. The molecule has 1 aromatic heterocycles. The van der Waals surface area contributed by atoms with Gasteiger partial charge < -0.3 is 5.11 Å². The van der Waals surface area contributed by atoms with Gasteiger partial charge in [0.05, 0.1) is 11.3 Å². The number of amides is 1. The third-order valence-electron chi connectivity index (χ3n) is 2.44. The minimum atomic E-state index is -0.997. The maximum atomic E-state index is 12.0. The van der Waals surface area contributed by atoms with E-state index in [1.54, 1.807) is 12.1 Å². The minimum absolute atomic E-state index is 0.107. The van der Waals surface area contributed by atoms with Crippen LogP contribution >= 0.6 is 11.3 Å². The Balaban J connectivity index is 2.12. The number of thiazole rings is 1. The summed E-state index contributed by atoms with van der Waals surface area (Å²) < 4.78 is 0. The van der Waals surface area contributed by atoms with E-state index in [0.717, 1.165) is 17.5 Å². The third-order valence-corrected chi connectivity index (χ3v) is 3.30. The maximum absolute atomic E-state index is 12.0. The molecule has 0 fully saturated rings. The van der Waals surface area contributed by atoms with E-state index < -0.39 is 16.8 Å². The Kier molecular flexibility index (Phi) is 4.24. The van der Waals surface area contributed by atoms with Crippen LogP contribution in [0.4, 0.5) is 10.1 Å². The molecule has 2 aromatic rings. The second kappa shape index (κ2) is 6.09. The van der Waals surface area contributed by atoms with Gasteiger partial charge in [0.15, 0.2) is 5.13 Å². The Bertz CT molecular complexity index is 712. The molecule has 0 saturated heterocycles. The monoisotopic (exact) mass is 307 g/mol. The number of nitrogens with one attached hydrogen (secondary N) is 1. The summed E-state index contributed by atoms with van der Waals surface area (Å²) in [5.74, 6) is -1.51. The van der Waals surface area contributed by atoms with Gasteiger partial charge in [0, 0.05) is 5.56 Å². The predicted molar refractivity (Wildman–Crippen MR) is 74.5 cm³/mol. The minimum Gasteiger partial charge on any atom is -0.481 e. The average molecular weight is 307 g/mol. The number of hydrogen-bond acceptors (Lipinski definition) is 6. The highest BCUT2D eigenvalue weighted by Crippen LogP contribution is 2.25. The first kappa shape index (κ1) is 14.6. The number of carbonyl (C=O) groups is 2. The van der Waals surface area contributed by atoms with Crippen molar-refractivity contribution >= 4 is 33.3 Å². The summed E-state index contributed by atoms with van der Waals surface area (Å²) in [5, 5.41) is 21.6. The van der Waals surface area contributed by atoms with E-state index in [1.807, 2.05) is 0 Å². The fourth-order valence-corrected chi connectivity index (χ4v) is 2.20. The van der Waals surface area contributed by atoms with Crippen molar-refractivity contribution in [3.63, 3.8) is 0 Å². The van der Waals surface area contributed by atoms with Crippen molar-refractivity contribution in [2.45, 2.75) is 6.42 Å². The van der Waals surface area contributed by atoms with Gasteiger partial charge in [0.1, 0.15) is 6.20 Å². The number of hydrogen-bond donors (Lipinski definition) is 2. The van der Waals surface area contributed by atoms with Gasteiger partial charge in [-0.1, -0.05) is 12.1 Å². The van der Waals surface area contributed by atoms with Crippen LogP contribution in [-0.4, -0.2) is 26.9 Å². The topological polar surface area (TPSA) is 122 Å². The standard InChI is InChI=1S/C12H9N3O5S/c16-10(17)5-7-2-1-3-8(4-7)11(18)14-12-13-6-9(21-12)15(19)20/h1-4,6H,5H2,(H,16,17)(H,13,14,18). The molecular formula is C12H9N3O5S. The molecule has 8 nitrogen and oxygen atoms in total. The Morgan fingerprint density at radius 2 is 2.19 bits per heavy atom. The summed E-state index contributed by atoms with van der Waals surface area (Å²) >= 11 is 0.743. The van der Waals surface area contributed by atoms with Crippen molar-refractivity contribution in [3.8, 4) is 0 Å². The Labute approximate surface area is 122 Å². The largest absolute Gasteiger partial charge is 0.481 e. The molecule has 0 aliphatic carbocycles. The Morgan fingerprint density at radius 1 is 1.43 bits per heavy atom. The molecule has 9 heteroatoms. The van der Waals surface area contributed by atoms with Gasteiger partial charge in [0.2, 0.25) is 0 Å². The second-order valence-corrected chi connectivity index (χ2v) is 4.99. The van der Waals surface area contributed by atoms with Crippen molar-refractivity contribution in [2.24, 2.45) is 0 Å². The molecule has 1 amide bonds. The Hall–Kier alpha value is -2.81. The SMILES string of the molecule is O=C(O)Cc1cccc(C(=O)Nc2ncc([N+](=O)[O-])s2)c1. The number of nitrogens with zero attached hydrogens (tertiary/aromatic N) is 2. The number of benzene rings is 1. The smallest absolute Gasteiger partial charge is 0.345 e. The van der Waals surface area contributed by atoms with Crippen molar-refractivity contribution in [1.29, 1.82) is 0 Å². The highest BCUT2D eigenvalue weighted by molar-refractivity contribution is 7.18. The first-order valence-corrected chi connectivity index (χ1v) is 6.49. The Morgan fingerprint density at radius 3 is 2.81 bits per heavy atom. The number of carbonyl (C=O) groups excluding carboxylic acids is 1. The summed E-state index contributed by atoms with van der Waals surface area (Å²) in [5.41, 5.74) is 0.742. The number of anilines is 1. The number of aliphatic carboxylic acids is 1. The van der Waals surface area contributed by atoms with Crippen LogP contribution in [0, 0.1) is 10.1 Å². The van der Waals surface area contributed by atoms with Gasteiger partial charge in [-0.3, -0.25) is 25.0 Å². The zero-order chi connectivity index (χ0) is 15.4. The van der Waals surface area contributed by atoms with E-state index in [9.17, 15) is 19.7 Å². The second-order valence-electron chi connectivity index (χ2n) is 3.99. The number of aromatic nitrogens is 1. The van der Waals surface area contributed by atoms with Crippen LogP contribution in [0.1, 0.15) is 15.9 Å². The molecule has 2 rings (SSSR count). The van der Waals surface area contributed by atoms with Gasteiger partial charge in [-0.05, 0) is 29.0 Å². The molecule has 0 atom stereocenters. The summed E-state index contributed by atoms with van der Waals surface area (Å²) in [6.07, 6.45) is 0.866. The average Bonchev–Trinajstić information content (AvgIpc) is 2.87. The molecule has 108 valence electrons. The lowest BCUT2D eigenvalue weighted by Gasteiger charge is -2.03. The molecule has 2 N–H and O–H groups in total. The van der Waals surface area contributed by atoms with Crippen molar-refractivity contribution in [2.75, 3.05) is 5.32 Å². The highest BCUT2D eigenvalue weighted by Gasteiger charge is 2.14. The fourth-order valence-electron chi connectivity index (χ4n) is 1.57. The number of carboxylic acid groups (broad SMARTS) is 1. The van der Waals surface area contributed by atoms with Crippen molar-refractivity contribution in [1.82, 2.24) is 4.98 Å². The van der Waals surface area contributed by atoms with E-state index in [2.05, 4.69) is 10.3 Å². The number of carboxylic acids is 1. The summed E-state index contributed by atoms with van der Waals surface area (Å²) in [7, 11) is 0. The molecule has 0 saturated carbocycles. The van der Waals surface area contributed by atoms with Crippen LogP contribution < -0.4 is 5.32 Å². The van der Waals surface area contributed by atoms with E-state index in [1.165, 1.54) is 12.1 Å².